The van der Waals surface area contributed by atoms with Crippen molar-refractivity contribution in [2.75, 3.05) is 27.8 Å². The molecule has 0 aliphatic carbocycles. The summed E-state index contributed by atoms with van der Waals surface area (Å²) >= 11 is 3.15. The lowest BCUT2D eigenvalue weighted by atomic mass is 10.3. The number of carbonyl (C=O) groups excluding carboxylic acids is 5. The van der Waals surface area contributed by atoms with E-state index >= 15 is 0 Å². The Kier molecular flexibility index (Phi) is 11.4. The summed E-state index contributed by atoms with van der Waals surface area (Å²) in [6, 6.07) is 5.79. The molecular weight excluding hydrogens is 712 g/mol. The molecular formula is C32H39BrN12O5. The lowest BCUT2D eigenvalue weighted by molar-refractivity contribution is -0.115. The molecule has 0 saturated heterocycles. The number of nitrogens with two attached hydrogens (primary N) is 2. The van der Waals surface area contributed by atoms with E-state index in [2.05, 4.69) is 54.1 Å². The molecule has 1 unspecified atom stereocenters. The first kappa shape index (κ1) is 36.8. The Morgan fingerprint density at radius 2 is 1.02 bits per heavy atom. The van der Waals surface area contributed by atoms with E-state index in [0.29, 0.717) is 32.9 Å². The van der Waals surface area contributed by atoms with E-state index in [1.807, 2.05) is 0 Å². The molecule has 0 radical (unpaired) electrons. The summed E-state index contributed by atoms with van der Waals surface area (Å²) in [5.41, 5.74) is 13.4. The summed E-state index contributed by atoms with van der Waals surface area (Å²) < 4.78 is 6.78. The molecule has 4 heterocycles. The average molecular weight is 752 g/mol. The van der Waals surface area contributed by atoms with Gasteiger partial charge in [0, 0.05) is 59.5 Å². The molecule has 4 rings (SSSR count). The van der Waals surface area contributed by atoms with Gasteiger partial charge in [0.1, 0.15) is 22.8 Å². The number of aromatic nitrogens is 4. The SMILES string of the molecule is C=C(Br)CC(=O)Nc1cc(C(=O)Nc2cc(C(=O)Nc3cc(C(=O)Nc4cc(C(=O)NCC(C)N=C(N)N)n(C)c4)n(C)c3)n(C)c2)n(C)c1. The number of aryl methyl sites for hydroxylation is 4. The van der Waals surface area contributed by atoms with Crippen molar-refractivity contribution in [1.29, 1.82) is 0 Å². The standard InChI is InChI=1S/C32H39BrN12O5/c1-17(33)7-27(46)38-19-8-24(43(4)13-19)29(48)40-21-10-26(45(6)15-21)31(50)41-22-11-25(44(5)16-22)30(49)39-20-9-23(42(3)14-20)28(47)36-12-18(2)37-32(34)35/h8-11,13-16,18H,1,7,12H2,2-6H3,(H,36,47)(H,38,46)(H,39,49)(H,40,48)(H,41,50)(H4,34,35,37). The van der Waals surface area contributed by atoms with Gasteiger partial charge in [-0.3, -0.25) is 24.0 Å². The summed E-state index contributed by atoms with van der Waals surface area (Å²) in [4.78, 5) is 68.1. The Bertz CT molecular complexity index is 2010. The first-order chi connectivity index (χ1) is 23.5. The summed E-state index contributed by atoms with van der Waals surface area (Å²) in [7, 11) is 6.65. The van der Waals surface area contributed by atoms with E-state index in [9.17, 15) is 24.0 Å². The summed E-state index contributed by atoms with van der Waals surface area (Å²) in [6.45, 7) is 5.61. The Balaban J connectivity index is 1.37. The molecule has 0 spiro atoms. The molecule has 17 nitrogen and oxygen atoms in total. The largest absolute Gasteiger partial charge is 0.370 e. The summed E-state index contributed by atoms with van der Waals surface area (Å²) in [5, 5.41) is 13.8. The third kappa shape index (κ3) is 9.31. The second-order valence-corrected chi connectivity index (χ2v) is 12.7. The molecule has 0 fully saturated rings. The Hall–Kier alpha value is -6.04. The molecule has 18 heteroatoms. The van der Waals surface area contributed by atoms with Crippen LogP contribution in [-0.4, -0.2) is 66.4 Å². The fraction of sp³-hybridized carbons (Fsp3) is 0.250. The van der Waals surface area contributed by atoms with Crippen LogP contribution in [0.3, 0.4) is 0 Å². The van der Waals surface area contributed by atoms with Crippen molar-refractivity contribution in [2.24, 2.45) is 44.7 Å². The zero-order valence-corrected chi connectivity index (χ0v) is 29.7. The van der Waals surface area contributed by atoms with Crippen molar-refractivity contribution in [1.82, 2.24) is 23.6 Å². The highest BCUT2D eigenvalue weighted by atomic mass is 79.9. The second-order valence-electron chi connectivity index (χ2n) is 11.6. The van der Waals surface area contributed by atoms with Gasteiger partial charge in [-0.05, 0) is 35.7 Å². The van der Waals surface area contributed by atoms with E-state index in [1.54, 1.807) is 78.2 Å². The molecule has 5 amide bonds. The number of rotatable bonds is 13. The zero-order chi connectivity index (χ0) is 36.9. The fourth-order valence-corrected chi connectivity index (χ4v) is 5.29. The lowest BCUT2D eigenvalue weighted by Gasteiger charge is -2.09. The van der Waals surface area contributed by atoms with Gasteiger partial charge in [0.2, 0.25) is 5.91 Å². The van der Waals surface area contributed by atoms with Crippen molar-refractivity contribution in [2.45, 2.75) is 19.4 Å². The number of amides is 5. The van der Waals surface area contributed by atoms with Crippen LogP contribution < -0.4 is 38.1 Å². The first-order valence-electron chi connectivity index (χ1n) is 15.1. The Labute approximate surface area is 295 Å². The fourth-order valence-electron chi connectivity index (χ4n) is 5.03. The first-order valence-corrected chi connectivity index (χ1v) is 15.9. The third-order valence-electron chi connectivity index (χ3n) is 7.29. The monoisotopic (exact) mass is 750 g/mol. The molecule has 1 atom stereocenters. The number of nitrogens with one attached hydrogen (secondary N) is 5. The smallest absolute Gasteiger partial charge is 0.272 e. The number of carbonyl (C=O) groups is 5. The van der Waals surface area contributed by atoms with E-state index in [1.165, 1.54) is 24.3 Å². The van der Waals surface area contributed by atoms with Crippen LogP contribution in [0.4, 0.5) is 22.7 Å². The number of hydrogen-bond acceptors (Lipinski definition) is 6. The predicted octanol–water partition coefficient (Wildman–Crippen LogP) is 2.43. The topological polar surface area (TPSA) is 230 Å². The molecule has 4 aromatic rings. The van der Waals surface area contributed by atoms with E-state index < -0.39 is 17.7 Å². The minimum absolute atomic E-state index is 0.0731. The van der Waals surface area contributed by atoms with Gasteiger partial charge < -0.3 is 56.3 Å². The van der Waals surface area contributed by atoms with Gasteiger partial charge in [-0.25, -0.2) is 4.99 Å². The van der Waals surface area contributed by atoms with Crippen molar-refractivity contribution in [3.8, 4) is 0 Å². The van der Waals surface area contributed by atoms with Crippen molar-refractivity contribution >= 4 is 74.2 Å². The zero-order valence-electron chi connectivity index (χ0n) is 28.1. The van der Waals surface area contributed by atoms with Gasteiger partial charge in [-0.15, -0.1) is 0 Å². The Morgan fingerprint density at radius 3 is 1.36 bits per heavy atom. The molecule has 0 saturated carbocycles. The highest BCUT2D eigenvalue weighted by molar-refractivity contribution is 9.11. The van der Waals surface area contributed by atoms with E-state index in [0.717, 1.165) is 0 Å². The minimum atomic E-state index is -0.476. The number of guanidine groups is 1. The highest BCUT2D eigenvalue weighted by Crippen LogP contribution is 2.21. The van der Waals surface area contributed by atoms with Gasteiger partial charge in [0.15, 0.2) is 5.96 Å². The molecule has 0 aliphatic heterocycles. The highest BCUT2D eigenvalue weighted by Gasteiger charge is 2.20. The molecule has 0 aromatic carbocycles. The molecule has 4 aromatic heterocycles. The van der Waals surface area contributed by atoms with Gasteiger partial charge in [0.25, 0.3) is 23.6 Å². The second kappa shape index (κ2) is 15.5. The minimum Gasteiger partial charge on any atom is -0.370 e. The maximum absolute atomic E-state index is 13.2. The third-order valence-corrected chi connectivity index (χ3v) is 7.57. The van der Waals surface area contributed by atoms with Gasteiger partial charge >= 0.3 is 0 Å². The van der Waals surface area contributed by atoms with Crippen LogP contribution in [-0.2, 0) is 33.0 Å². The van der Waals surface area contributed by atoms with Crippen LogP contribution in [0.2, 0.25) is 0 Å². The van der Waals surface area contributed by atoms with Crippen LogP contribution in [0.15, 0.2) is 65.1 Å². The molecule has 0 bridgehead atoms. The number of nitrogens with zero attached hydrogens (tertiary/aromatic N) is 5. The van der Waals surface area contributed by atoms with Crippen molar-refractivity contribution in [3.05, 3.63) is 82.9 Å². The molecule has 0 aliphatic rings. The van der Waals surface area contributed by atoms with Crippen molar-refractivity contribution in [3.63, 3.8) is 0 Å². The van der Waals surface area contributed by atoms with Crippen LogP contribution >= 0.6 is 15.9 Å². The predicted molar refractivity (Wildman–Crippen MR) is 194 cm³/mol. The van der Waals surface area contributed by atoms with Crippen LogP contribution in [0.25, 0.3) is 0 Å². The number of hydrogen-bond donors (Lipinski definition) is 7. The number of anilines is 4. The van der Waals surface area contributed by atoms with Crippen LogP contribution in [0.5, 0.6) is 0 Å². The van der Waals surface area contributed by atoms with Gasteiger partial charge in [0.05, 0.1) is 35.2 Å². The molecule has 264 valence electrons. The summed E-state index contributed by atoms with van der Waals surface area (Å²) in [6.07, 6.45) is 6.46. The lowest BCUT2D eigenvalue weighted by Crippen LogP contribution is -2.33. The van der Waals surface area contributed by atoms with Gasteiger partial charge in [-0.1, -0.05) is 22.5 Å². The number of aliphatic imine (C=N–C) groups is 1. The maximum Gasteiger partial charge on any atom is 0.272 e. The normalized spacial score (nSPS) is 11.3. The maximum atomic E-state index is 13.2. The summed E-state index contributed by atoms with van der Waals surface area (Å²) in [5.74, 6) is -2.11. The van der Waals surface area contributed by atoms with E-state index in [-0.39, 0.29) is 53.9 Å². The van der Waals surface area contributed by atoms with Crippen molar-refractivity contribution < 1.29 is 24.0 Å². The molecule has 50 heavy (non-hydrogen) atoms. The van der Waals surface area contributed by atoms with Crippen LogP contribution in [0, 0.1) is 0 Å². The van der Waals surface area contributed by atoms with Gasteiger partial charge in [-0.2, -0.15) is 0 Å². The number of halogens is 1. The molecule has 9 N–H and O–H groups in total. The quantitative estimate of drug-likeness (QED) is 0.0796. The van der Waals surface area contributed by atoms with E-state index in [4.69, 9.17) is 11.5 Å². The van der Waals surface area contributed by atoms with Crippen LogP contribution in [0.1, 0.15) is 55.3 Å². The average Bonchev–Trinajstić information content (AvgIpc) is 3.76. The Morgan fingerprint density at radius 1 is 0.680 bits per heavy atom.